The molecule has 1 amide bonds. The summed E-state index contributed by atoms with van der Waals surface area (Å²) >= 11 is 0. The van der Waals surface area contributed by atoms with Crippen molar-refractivity contribution in [3.8, 4) is 0 Å². The monoisotopic (exact) mass is 418 g/mol. The molecule has 0 spiro atoms. The molecule has 0 radical (unpaired) electrons. The Hall–Kier alpha value is -2.12. The third-order valence-corrected chi connectivity index (χ3v) is 5.10. The lowest BCUT2D eigenvalue weighted by Crippen LogP contribution is -2.62. The first-order valence-electron chi connectivity index (χ1n) is 9.24. The highest BCUT2D eigenvalue weighted by Gasteiger charge is 2.49. The summed E-state index contributed by atoms with van der Waals surface area (Å²) in [4.78, 5) is 40.7. The van der Waals surface area contributed by atoms with Crippen LogP contribution in [0.4, 0.5) is 5.69 Å². The number of hydrogen-bond acceptors (Lipinski definition) is 6. The number of esters is 2. The lowest BCUT2D eigenvalue weighted by atomic mass is 9.85. The van der Waals surface area contributed by atoms with E-state index in [1.165, 1.54) is 14.2 Å². The molecule has 1 aliphatic heterocycles. The van der Waals surface area contributed by atoms with Crippen LogP contribution in [-0.4, -0.2) is 62.1 Å². The van der Waals surface area contributed by atoms with Crippen LogP contribution in [0.1, 0.15) is 32.6 Å². The van der Waals surface area contributed by atoms with Crippen molar-refractivity contribution in [2.45, 2.75) is 38.1 Å². The molecule has 7 nitrogen and oxygen atoms in total. The SMILES string of the molecule is CCC(=O)N([13c]1[13cH][13cH][13cH][13cH][13cH]1)C1(C(=O)OC)CCN(CCC(=O)OC)CC1.Cl. The topological polar surface area (TPSA) is 76.2 Å². The highest BCUT2D eigenvalue weighted by Crippen LogP contribution is 2.35. The number of piperidine rings is 1. The summed E-state index contributed by atoms with van der Waals surface area (Å²) in [6, 6.07) is 9.24. The number of benzene rings is 1. The quantitative estimate of drug-likeness (QED) is 0.633. The number of para-hydroxylation sites is 1. The average molecular weight is 419 g/mol. The van der Waals surface area contributed by atoms with Gasteiger partial charge in [-0.3, -0.25) is 14.5 Å². The summed E-state index contributed by atoms with van der Waals surface area (Å²) < 4.78 is 9.80. The normalized spacial score (nSPS) is 15.8. The molecule has 1 fully saturated rings. The van der Waals surface area contributed by atoms with Crippen molar-refractivity contribution in [1.82, 2.24) is 4.90 Å². The number of carbonyl (C=O) groups is 3. The van der Waals surface area contributed by atoms with Crippen molar-refractivity contribution in [2.24, 2.45) is 0 Å². The number of ether oxygens (including phenoxy) is 2. The van der Waals surface area contributed by atoms with E-state index in [2.05, 4.69) is 9.64 Å². The lowest BCUT2D eigenvalue weighted by Gasteiger charge is -2.46. The van der Waals surface area contributed by atoms with E-state index in [9.17, 15) is 14.4 Å². The Balaban J connectivity index is 0.00000392. The number of likely N-dealkylation sites (tertiary alicyclic amines) is 1. The zero-order valence-corrected chi connectivity index (χ0v) is 17.5. The Morgan fingerprint density at radius 1 is 1.07 bits per heavy atom. The Labute approximate surface area is 172 Å². The molecule has 1 aromatic rings. The minimum Gasteiger partial charge on any atom is -0.469 e. The van der Waals surface area contributed by atoms with Crippen molar-refractivity contribution in [1.29, 1.82) is 0 Å². The smallest absolute Gasteiger partial charge is 0.332 e. The summed E-state index contributed by atoms with van der Waals surface area (Å²) in [6.07, 6.45) is 1.49. The van der Waals surface area contributed by atoms with Crippen LogP contribution >= 0.6 is 12.4 Å². The second-order valence-electron chi connectivity index (χ2n) is 6.61. The van der Waals surface area contributed by atoms with E-state index >= 15 is 0 Å². The van der Waals surface area contributed by atoms with Gasteiger partial charge in [0.05, 0.1) is 20.6 Å². The van der Waals surface area contributed by atoms with Crippen LogP contribution in [0.5, 0.6) is 0 Å². The molecule has 0 aliphatic carbocycles. The van der Waals surface area contributed by atoms with Crippen molar-refractivity contribution in [3.05, 3.63) is 30.3 Å². The standard InChI is InChI=1S/C20H28N2O5.ClH/c1-4-17(23)22(16-8-6-5-7-9-16)20(19(25)27-3)11-14-21(15-12-20)13-10-18(24)26-2;/h5-9H,4,10-15H2,1-3H3;1H/i5+1,6+1,7+1,8+1,9+1,16+1;. The number of rotatable bonds is 7. The number of halogens is 1. The minimum absolute atomic E-state index is 0. The first-order chi connectivity index (χ1) is 13.0. The number of anilines is 1. The molecule has 0 saturated carbocycles. The minimum atomic E-state index is -1.04. The second-order valence-corrected chi connectivity index (χ2v) is 6.61. The van der Waals surface area contributed by atoms with Crippen LogP contribution in [0.25, 0.3) is 0 Å². The van der Waals surface area contributed by atoms with Crippen LogP contribution in [0.2, 0.25) is 0 Å². The molecule has 2 rings (SSSR count). The molecule has 0 bridgehead atoms. The van der Waals surface area contributed by atoms with Crippen LogP contribution in [0, 0.1) is 0 Å². The van der Waals surface area contributed by atoms with Gasteiger partial charge in [-0.25, -0.2) is 4.79 Å². The number of carbonyl (C=O) groups excluding carboxylic acids is 3. The molecule has 1 aromatic carbocycles. The van der Waals surface area contributed by atoms with Crippen LogP contribution in [0.3, 0.4) is 0 Å². The molecular weight excluding hydrogens is 390 g/mol. The van der Waals surface area contributed by atoms with Crippen molar-refractivity contribution >= 4 is 35.9 Å². The van der Waals surface area contributed by atoms with E-state index in [0.717, 1.165) is 0 Å². The van der Waals surface area contributed by atoms with E-state index in [-0.39, 0.29) is 24.3 Å². The van der Waals surface area contributed by atoms with Crippen LogP contribution in [0.15, 0.2) is 30.3 Å². The van der Waals surface area contributed by atoms with E-state index in [0.29, 0.717) is 51.0 Å². The molecule has 8 heteroatoms. The maximum Gasteiger partial charge on any atom is 0.332 e. The Kier molecular flexibility index (Phi) is 9.41. The van der Waals surface area contributed by atoms with Crippen LogP contribution < -0.4 is 4.90 Å². The third-order valence-electron chi connectivity index (χ3n) is 5.10. The van der Waals surface area contributed by atoms with E-state index in [1.54, 1.807) is 11.8 Å². The largest absolute Gasteiger partial charge is 0.469 e. The van der Waals surface area contributed by atoms with Crippen molar-refractivity contribution in [3.63, 3.8) is 0 Å². The summed E-state index contributed by atoms with van der Waals surface area (Å²) in [5.74, 6) is -0.776. The van der Waals surface area contributed by atoms with Gasteiger partial charge in [-0.05, 0) is 25.0 Å². The fraction of sp³-hybridized carbons (Fsp3) is 0.550. The fourth-order valence-electron chi connectivity index (χ4n) is 3.57. The van der Waals surface area contributed by atoms with Gasteiger partial charge < -0.3 is 14.4 Å². The highest BCUT2D eigenvalue weighted by molar-refractivity contribution is 6.02. The maximum absolute atomic E-state index is 12.8. The molecule has 0 atom stereocenters. The predicted octanol–water partition coefficient (Wildman–Crippen LogP) is 2.42. The molecule has 0 N–H and O–H groups in total. The fourth-order valence-corrected chi connectivity index (χ4v) is 3.57. The third kappa shape index (κ3) is 5.23. The number of nitrogens with zero attached hydrogens (tertiary/aromatic N) is 2. The molecule has 0 unspecified atom stereocenters. The van der Waals surface area contributed by atoms with Gasteiger partial charge in [-0.15, -0.1) is 12.4 Å². The first kappa shape index (κ1) is 23.9. The summed E-state index contributed by atoms with van der Waals surface area (Å²) in [6.45, 7) is 3.53. The molecule has 1 saturated heterocycles. The Morgan fingerprint density at radius 3 is 2.18 bits per heavy atom. The number of hydrogen-bond donors (Lipinski definition) is 0. The Bertz CT molecular complexity index is 660. The summed E-state index contributed by atoms with van der Waals surface area (Å²) in [5.41, 5.74) is -0.344. The van der Waals surface area contributed by atoms with Gasteiger partial charge >= 0.3 is 11.9 Å². The predicted molar refractivity (Wildman–Crippen MR) is 109 cm³/mol. The van der Waals surface area contributed by atoms with Gasteiger partial charge in [0.2, 0.25) is 5.91 Å². The van der Waals surface area contributed by atoms with Crippen LogP contribution in [-0.2, 0) is 23.9 Å². The average Bonchev–Trinajstić information content (AvgIpc) is 2.72. The van der Waals surface area contributed by atoms with Crippen molar-refractivity contribution < 1.29 is 23.9 Å². The maximum atomic E-state index is 12.8. The van der Waals surface area contributed by atoms with E-state index in [1.807, 2.05) is 30.3 Å². The number of methoxy groups -OCH3 is 2. The van der Waals surface area contributed by atoms with Gasteiger partial charge in [0.15, 0.2) is 0 Å². The molecule has 0 aromatic heterocycles. The molecule has 1 aliphatic rings. The van der Waals surface area contributed by atoms with Crippen molar-refractivity contribution in [2.75, 3.05) is 38.8 Å². The molecule has 156 valence electrons. The summed E-state index contributed by atoms with van der Waals surface area (Å²) in [7, 11) is 2.72. The van der Waals surface area contributed by atoms with E-state index in [4.69, 9.17) is 4.74 Å². The molecular formula is C20H29ClN2O5. The van der Waals surface area contributed by atoms with Gasteiger partial charge in [-0.1, -0.05) is 25.1 Å². The van der Waals surface area contributed by atoms with Gasteiger partial charge in [0.25, 0.3) is 0 Å². The lowest BCUT2D eigenvalue weighted by molar-refractivity contribution is -0.151. The second kappa shape index (κ2) is 11.0. The summed E-state index contributed by atoms with van der Waals surface area (Å²) in [5, 5.41) is 0. The van der Waals surface area contributed by atoms with E-state index < -0.39 is 11.5 Å². The zero-order valence-electron chi connectivity index (χ0n) is 16.7. The van der Waals surface area contributed by atoms with Gasteiger partial charge in [-0.2, -0.15) is 0 Å². The van der Waals surface area contributed by atoms with Gasteiger partial charge in [0.1, 0.15) is 5.54 Å². The molecule has 28 heavy (non-hydrogen) atoms. The zero-order chi connectivity index (χ0) is 19.9. The van der Waals surface area contributed by atoms with Gasteiger partial charge in [0, 0.05) is 31.7 Å². The number of amides is 1. The Morgan fingerprint density at radius 2 is 1.68 bits per heavy atom. The molecule has 1 heterocycles. The first-order valence-corrected chi connectivity index (χ1v) is 9.24. The highest BCUT2D eigenvalue weighted by atomic mass is 35.5.